The van der Waals surface area contributed by atoms with Gasteiger partial charge in [0.25, 0.3) is 5.91 Å². The van der Waals surface area contributed by atoms with Gasteiger partial charge >= 0.3 is 0 Å². The molecule has 0 aliphatic heterocycles. The molecule has 0 spiro atoms. The van der Waals surface area contributed by atoms with E-state index in [2.05, 4.69) is 10.6 Å². The number of hydrogen-bond acceptors (Lipinski definition) is 4. The fourth-order valence-electron chi connectivity index (χ4n) is 3.17. The minimum Gasteiger partial charge on any atom is -0.490 e. The molecule has 2 N–H and O–H groups in total. The molecule has 0 saturated heterocycles. The van der Waals surface area contributed by atoms with Gasteiger partial charge in [0.2, 0.25) is 0 Å². The number of hydrogen-bond donors (Lipinski definition) is 2. The summed E-state index contributed by atoms with van der Waals surface area (Å²) in [5.41, 5.74) is 0.577. The highest BCUT2D eigenvalue weighted by Crippen LogP contribution is 2.18. The van der Waals surface area contributed by atoms with Crippen LogP contribution >= 0.6 is 0 Å². The van der Waals surface area contributed by atoms with Gasteiger partial charge in [0.05, 0.1) is 12.2 Å². The van der Waals surface area contributed by atoms with E-state index in [1.54, 1.807) is 6.07 Å². The van der Waals surface area contributed by atoms with Gasteiger partial charge in [-0.1, -0.05) is 37.8 Å². The number of para-hydroxylation sites is 1. The molecule has 1 aliphatic rings. The number of amides is 1. The van der Waals surface area contributed by atoms with Crippen molar-refractivity contribution in [3.05, 3.63) is 29.8 Å². The van der Waals surface area contributed by atoms with Crippen LogP contribution in [0.25, 0.3) is 0 Å². The van der Waals surface area contributed by atoms with E-state index in [-0.39, 0.29) is 5.91 Å². The molecule has 0 bridgehead atoms. The minimum absolute atomic E-state index is 0.0883. The largest absolute Gasteiger partial charge is 0.490 e. The summed E-state index contributed by atoms with van der Waals surface area (Å²) in [6.07, 6.45) is 7.85. The van der Waals surface area contributed by atoms with Gasteiger partial charge in [0.1, 0.15) is 12.4 Å². The third kappa shape index (κ3) is 7.45. The van der Waals surface area contributed by atoms with E-state index in [1.807, 2.05) is 25.1 Å². The molecule has 0 radical (unpaired) electrons. The SMILES string of the molecule is CCOCCOc1ccccc1C(=O)NCCNC1CCCCCC1. The molecule has 0 unspecified atom stereocenters. The molecule has 1 aliphatic carbocycles. The summed E-state index contributed by atoms with van der Waals surface area (Å²) in [6, 6.07) is 7.96. The molecule has 0 heterocycles. The smallest absolute Gasteiger partial charge is 0.255 e. The lowest BCUT2D eigenvalue weighted by Gasteiger charge is -2.16. The van der Waals surface area contributed by atoms with Crippen molar-refractivity contribution in [2.24, 2.45) is 0 Å². The van der Waals surface area contributed by atoms with Crippen molar-refractivity contribution in [2.75, 3.05) is 32.9 Å². The highest BCUT2D eigenvalue weighted by Gasteiger charge is 2.13. The van der Waals surface area contributed by atoms with Gasteiger partial charge in [-0.05, 0) is 31.9 Å². The van der Waals surface area contributed by atoms with Gasteiger partial charge in [-0.2, -0.15) is 0 Å². The van der Waals surface area contributed by atoms with Crippen LogP contribution in [-0.2, 0) is 4.74 Å². The van der Waals surface area contributed by atoms with Crippen LogP contribution in [0.3, 0.4) is 0 Å². The Morgan fingerprint density at radius 2 is 1.84 bits per heavy atom. The maximum Gasteiger partial charge on any atom is 0.255 e. The molecule has 0 aromatic heterocycles. The monoisotopic (exact) mass is 348 g/mol. The molecule has 140 valence electrons. The van der Waals surface area contributed by atoms with Crippen LogP contribution in [-0.4, -0.2) is 44.9 Å². The van der Waals surface area contributed by atoms with Crippen LogP contribution < -0.4 is 15.4 Å². The fourth-order valence-corrected chi connectivity index (χ4v) is 3.17. The second-order valence-electron chi connectivity index (χ2n) is 6.44. The third-order valence-electron chi connectivity index (χ3n) is 4.52. The van der Waals surface area contributed by atoms with E-state index in [1.165, 1.54) is 38.5 Å². The summed E-state index contributed by atoms with van der Waals surface area (Å²) in [6.45, 7) is 5.02. The topological polar surface area (TPSA) is 59.6 Å². The predicted octanol–water partition coefficient (Wildman–Crippen LogP) is 3.14. The van der Waals surface area contributed by atoms with E-state index >= 15 is 0 Å². The molecular weight excluding hydrogens is 316 g/mol. The standard InChI is InChI=1S/C20H32N2O3/c1-2-24-15-16-25-19-12-8-7-11-18(19)20(23)22-14-13-21-17-9-5-3-4-6-10-17/h7-8,11-12,17,21H,2-6,9-10,13-16H2,1H3,(H,22,23). The summed E-state index contributed by atoms with van der Waals surface area (Å²) in [5, 5.41) is 6.55. The van der Waals surface area contributed by atoms with Crippen LogP contribution in [0, 0.1) is 0 Å². The summed E-state index contributed by atoms with van der Waals surface area (Å²) in [5.74, 6) is 0.520. The molecule has 0 atom stereocenters. The number of benzene rings is 1. The number of ether oxygens (including phenoxy) is 2. The Morgan fingerprint density at radius 1 is 1.08 bits per heavy atom. The van der Waals surface area contributed by atoms with Crippen LogP contribution in [0.4, 0.5) is 0 Å². The molecule has 5 heteroatoms. The van der Waals surface area contributed by atoms with Crippen molar-refractivity contribution >= 4 is 5.91 Å². The summed E-state index contributed by atoms with van der Waals surface area (Å²) in [7, 11) is 0. The third-order valence-corrected chi connectivity index (χ3v) is 4.52. The van der Waals surface area contributed by atoms with Crippen molar-refractivity contribution in [1.29, 1.82) is 0 Å². The van der Waals surface area contributed by atoms with Gasteiger partial charge < -0.3 is 20.1 Å². The molecule has 1 aromatic carbocycles. The van der Waals surface area contributed by atoms with Gasteiger partial charge in [-0.25, -0.2) is 0 Å². The number of nitrogens with one attached hydrogen (secondary N) is 2. The lowest BCUT2D eigenvalue weighted by Crippen LogP contribution is -2.37. The normalized spacial score (nSPS) is 15.6. The Labute approximate surface area is 151 Å². The first-order chi connectivity index (χ1) is 12.3. The Balaban J connectivity index is 1.72. The zero-order valence-corrected chi connectivity index (χ0v) is 15.4. The van der Waals surface area contributed by atoms with Gasteiger partial charge in [-0.15, -0.1) is 0 Å². The predicted molar refractivity (Wildman–Crippen MR) is 100 cm³/mol. The molecule has 1 aromatic rings. The number of rotatable bonds is 10. The van der Waals surface area contributed by atoms with Crippen LogP contribution in [0.5, 0.6) is 5.75 Å². The Hall–Kier alpha value is -1.59. The number of carbonyl (C=O) groups is 1. The lowest BCUT2D eigenvalue weighted by molar-refractivity contribution is 0.0936. The zero-order chi connectivity index (χ0) is 17.7. The van der Waals surface area contributed by atoms with E-state index < -0.39 is 0 Å². The summed E-state index contributed by atoms with van der Waals surface area (Å²) >= 11 is 0. The maximum atomic E-state index is 12.4. The van der Waals surface area contributed by atoms with E-state index in [4.69, 9.17) is 9.47 Å². The van der Waals surface area contributed by atoms with Gasteiger partial charge in [-0.3, -0.25) is 4.79 Å². The van der Waals surface area contributed by atoms with E-state index in [9.17, 15) is 4.79 Å². The van der Waals surface area contributed by atoms with Gasteiger partial charge in [0, 0.05) is 25.7 Å². The molecule has 2 rings (SSSR count). The molecule has 5 nitrogen and oxygen atoms in total. The molecule has 25 heavy (non-hydrogen) atoms. The second-order valence-corrected chi connectivity index (χ2v) is 6.44. The Morgan fingerprint density at radius 3 is 2.60 bits per heavy atom. The maximum absolute atomic E-state index is 12.4. The first kappa shape index (κ1) is 19.7. The highest BCUT2D eigenvalue weighted by molar-refractivity contribution is 5.96. The van der Waals surface area contributed by atoms with Crippen LogP contribution in [0.15, 0.2) is 24.3 Å². The number of carbonyl (C=O) groups excluding carboxylic acids is 1. The lowest BCUT2D eigenvalue weighted by atomic mass is 10.1. The van der Waals surface area contributed by atoms with Crippen molar-refractivity contribution in [1.82, 2.24) is 10.6 Å². The van der Waals surface area contributed by atoms with Crippen molar-refractivity contribution in [2.45, 2.75) is 51.5 Å². The Bertz CT molecular complexity index is 499. The quantitative estimate of drug-likeness (QED) is 0.504. The Kier molecular flexibility index (Phi) is 9.37. The molecule has 1 amide bonds. The van der Waals surface area contributed by atoms with Crippen molar-refractivity contribution < 1.29 is 14.3 Å². The van der Waals surface area contributed by atoms with Crippen molar-refractivity contribution in [3.8, 4) is 5.75 Å². The first-order valence-electron chi connectivity index (χ1n) is 9.62. The minimum atomic E-state index is -0.0883. The average Bonchev–Trinajstić information content (AvgIpc) is 2.91. The molecular formula is C20H32N2O3. The van der Waals surface area contributed by atoms with Crippen LogP contribution in [0.1, 0.15) is 55.8 Å². The van der Waals surface area contributed by atoms with Crippen LogP contribution in [0.2, 0.25) is 0 Å². The van der Waals surface area contributed by atoms with E-state index in [0.29, 0.717) is 43.7 Å². The first-order valence-corrected chi connectivity index (χ1v) is 9.62. The zero-order valence-electron chi connectivity index (χ0n) is 15.4. The average molecular weight is 348 g/mol. The summed E-state index contributed by atoms with van der Waals surface area (Å²) < 4.78 is 10.9. The fraction of sp³-hybridized carbons (Fsp3) is 0.650. The molecule has 1 fully saturated rings. The second kappa shape index (κ2) is 11.9. The molecule has 1 saturated carbocycles. The van der Waals surface area contributed by atoms with Gasteiger partial charge in [0.15, 0.2) is 0 Å². The van der Waals surface area contributed by atoms with Crippen molar-refractivity contribution in [3.63, 3.8) is 0 Å². The highest BCUT2D eigenvalue weighted by atomic mass is 16.5. The summed E-state index contributed by atoms with van der Waals surface area (Å²) in [4.78, 5) is 12.4. The van der Waals surface area contributed by atoms with E-state index in [0.717, 1.165) is 6.54 Å².